The minimum atomic E-state index is 0.157. The molecular weight excluding hydrogens is 284 g/mol. The lowest BCUT2D eigenvalue weighted by Crippen LogP contribution is -3.14. The predicted molar refractivity (Wildman–Crippen MR) is 97.2 cm³/mol. The van der Waals surface area contributed by atoms with E-state index in [9.17, 15) is 4.79 Å². The maximum absolute atomic E-state index is 12.6. The Morgan fingerprint density at radius 3 is 2.35 bits per heavy atom. The molecule has 1 unspecified atom stereocenters. The summed E-state index contributed by atoms with van der Waals surface area (Å²) in [6.45, 7) is 13.9. The number of carbonyl (C=O) groups is 1. The van der Waals surface area contributed by atoms with Crippen LogP contribution in [0.5, 0.6) is 0 Å². The van der Waals surface area contributed by atoms with Gasteiger partial charge in [-0.25, -0.2) is 0 Å². The van der Waals surface area contributed by atoms with Crippen LogP contribution < -0.4 is 10.2 Å². The number of likely N-dealkylation sites (tertiary alicyclic amines) is 1. The molecule has 1 aromatic carbocycles. The third kappa shape index (κ3) is 4.81. The van der Waals surface area contributed by atoms with Crippen molar-refractivity contribution in [3.05, 3.63) is 29.3 Å². The SMILES string of the molecule is CC(C)c1cccc(C(C)C)c1NC(=O)C[NH+]1CCC[C@H](C)C1. The van der Waals surface area contributed by atoms with Crippen molar-refractivity contribution in [3.63, 3.8) is 0 Å². The van der Waals surface area contributed by atoms with E-state index in [2.05, 4.69) is 58.1 Å². The maximum Gasteiger partial charge on any atom is 0.279 e. The van der Waals surface area contributed by atoms with Crippen LogP contribution in [0.3, 0.4) is 0 Å². The lowest BCUT2D eigenvalue weighted by Gasteiger charge is -2.28. The first-order valence-electron chi connectivity index (χ1n) is 9.14. The van der Waals surface area contributed by atoms with Crippen molar-refractivity contribution < 1.29 is 9.69 Å². The van der Waals surface area contributed by atoms with Crippen molar-refractivity contribution in [1.29, 1.82) is 0 Å². The molecule has 0 aliphatic carbocycles. The summed E-state index contributed by atoms with van der Waals surface area (Å²) in [7, 11) is 0. The fourth-order valence-corrected chi connectivity index (χ4v) is 3.66. The number of hydrogen-bond donors (Lipinski definition) is 2. The van der Waals surface area contributed by atoms with Crippen LogP contribution in [0.2, 0.25) is 0 Å². The second-order valence-corrected chi connectivity index (χ2v) is 7.80. The molecule has 128 valence electrons. The minimum absolute atomic E-state index is 0.157. The van der Waals surface area contributed by atoms with Gasteiger partial charge in [-0.05, 0) is 35.8 Å². The Morgan fingerprint density at radius 2 is 1.83 bits per heavy atom. The molecule has 3 nitrogen and oxygen atoms in total. The van der Waals surface area contributed by atoms with Gasteiger partial charge < -0.3 is 10.2 Å². The lowest BCUT2D eigenvalue weighted by molar-refractivity contribution is -0.900. The standard InChI is InChI=1S/C20H32N2O/c1-14(2)17-9-6-10-18(15(3)4)20(17)21-19(23)13-22-11-7-8-16(5)12-22/h6,9-10,14-16H,7-8,11-13H2,1-5H3,(H,21,23)/p+1/t16-/m0/s1. The Bertz CT molecular complexity index is 510. The Hall–Kier alpha value is -1.35. The number of carbonyl (C=O) groups excluding carboxylic acids is 1. The highest BCUT2D eigenvalue weighted by atomic mass is 16.2. The Morgan fingerprint density at radius 1 is 1.22 bits per heavy atom. The van der Waals surface area contributed by atoms with Gasteiger partial charge in [0.2, 0.25) is 0 Å². The molecule has 0 saturated carbocycles. The van der Waals surface area contributed by atoms with E-state index in [1.54, 1.807) is 0 Å². The number of hydrogen-bond acceptors (Lipinski definition) is 1. The first-order chi connectivity index (χ1) is 10.9. The molecular formula is C20H33N2O+. The second kappa shape index (κ2) is 7.96. The van der Waals surface area contributed by atoms with Crippen LogP contribution in [0, 0.1) is 5.92 Å². The zero-order valence-corrected chi connectivity index (χ0v) is 15.4. The largest absolute Gasteiger partial charge is 0.327 e. The number of rotatable bonds is 5. The first kappa shape index (κ1) is 18.0. The molecule has 23 heavy (non-hydrogen) atoms. The van der Waals surface area contributed by atoms with E-state index >= 15 is 0 Å². The average Bonchev–Trinajstić information content (AvgIpc) is 2.46. The first-order valence-corrected chi connectivity index (χ1v) is 9.14. The van der Waals surface area contributed by atoms with E-state index in [0.717, 1.165) is 24.7 Å². The molecule has 3 heteroatoms. The number of piperidine rings is 1. The molecule has 1 heterocycles. The van der Waals surface area contributed by atoms with Crippen LogP contribution in [-0.4, -0.2) is 25.5 Å². The molecule has 2 N–H and O–H groups in total. The van der Waals surface area contributed by atoms with Crippen molar-refractivity contribution in [2.45, 2.75) is 59.3 Å². The number of anilines is 1. The Balaban J connectivity index is 2.13. The summed E-state index contributed by atoms with van der Waals surface area (Å²) in [6.07, 6.45) is 2.54. The molecule has 0 spiro atoms. The predicted octanol–water partition coefficient (Wildman–Crippen LogP) is 3.19. The van der Waals surface area contributed by atoms with Gasteiger partial charge in [0.1, 0.15) is 0 Å². The second-order valence-electron chi connectivity index (χ2n) is 7.80. The van der Waals surface area contributed by atoms with E-state index in [1.165, 1.54) is 28.9 Å². The number of nitrogens with one attached hydrogen (secondary N) is 2. The van der Waals surface area contributed by atoms with Gasteiger partial charge in [-0.15, -0.1) is 0 Å². The third-order valence-electron chi connectivity index (χ3n) is 4.91. The van der Waals surface area contributed by atoms with Gasteiger partial charge in [-0.3, -0.25) is 4.79 Å². The topological polar surface area (TPSA) is 33.5 Å². The molecule has 2 atom stereocenters. The summed E-state index contributed by atoms with van der Waals surface area (Å²) in [5.41, 5.74) is 3.53. The normalized spacial score (nSPS) is 21.7. The van der Waals surface area contributed by atoms with Crippen LogP contribution in [0.25, 0.3) is 0 Å². The number of para-hydroxylation sites is 1. The molecule has 1 aliphatic heterocycles. The molecule has 1 aromatic rings. The molecule has 0 aromatic heterocycles. The van der Waals surface area contributed by atoms with Gasteiger partial charge in [0, 0.05) is 11.6 Å². The number of amides is 1. The molecule has 1 aliphatic rings. The molecule has 1 fully saturated rings. The summed E-state index contributed by atoms with van der Waals surface area (Å²) in [5.74, 6) is 1.71. The molecule has 0 radical (unpaired) electrons. The fraction of sp³-hybridized carbons (Fsp3) is 0.650. The van der Waals surface area contributed by atoms with E-state index in [1.807, 2.05) is 0 Å². The average molecular weight is 317 g/mol. The van der Waals surface area contributed by atoms with Crippen molar-refractivity contribution in [1.82, 2.24) is 0 Å². The van der Waals surface area contributed by atoms with Gasteiger partial charge in [-0.2, -0.15) is 0 Å². The minimum Gasteiger partial charge on any atom is -0.327 e. The van der Waals surface area contributed by atoms with Crippen molar-refractivity contribution >= 4 is 11.6 Å². The summed E-state index contributed by atoms with van der Waals surface area (Å²) in [5, 5.41) is 3.24. The van der Waals surface area contributed by atoms with Gasteiger partial charge >= 0.3 is 0 Å². The zero-order chi connectivity index (χ0) is 17.0. The quantitative estimate of drug-likeness (QED) is 0.859. The van der Waals surface area contributed by atoms with Crippen molar-refractivity contribution in [2.75, 3.05) is 25.0 Å². The summed E-state index contributed by atoms with van der Waals surface area (Å²) < 4.78 is 0. The van der Waals surface area contributed by atoms with E-state index in [0.29, 0.717) is 18.4 Å². The van der Waals surface area contributed by atoms with E-state index in [-0.39, 0.29) is 5.91 Å². The zero-order valence-electron chi connectivity index (χ0n) is 15.4. The van der Waals surface area contributed by atoms with Gasteiger partial charge in [0.15, 0.2) is 6.54 Å². The number of benzene rings is 1. The van der Waals surface area contributed by atoms with Crippen LogP contribution in [0.1, 0.15) is 70.4 Å². The smallest absolute Gasteiger partial charge is 0.279 e. The summed E-state index contributed by atoms with van der Waals surface area (Å²) >= 11 is 0. The number of quaternary nitrogens is 1. The van der Waals surface area contributed by atoms with Gasteiger partial charge in [0.05, 0.1) is 13.1 Å². The van der Waals surface area contributed by atoms with Gasteiger partial charge in [0.25, 0.3) is 5.91 Å². The highest BCUT2D eigenvalue weighted by molar-refractivity contribution is 5.93. The summed E-state index contributed by atoms with van der Waals surface area (Å²) in [6, 6.07) is 6.39. The molecule has 1 saturated heterocycles. The molecule has 2 rings (SSSR count). The van der Waals surface area contributed by atoms with Crippen LogP contribution >= 0.6 is 0 Å². The van der Waals surface area contributed by atoms with Crippen molar-refractivity contribution in [2.24, 2.45) is 5.92 Å². The van der Waals surface area contributed by atoms with Gasteiger partial charge in [-0.1, -0.05) is 52.8 Å². The summed E-state index contributed by atoms with van der Waals surface area (Å²) in [4.78, 5) is 14.0. The van der Waals surface area contributed by atoms with Crippen LogP contribution in [0.4, 0.5) is 5.69 Å². The molecule has 1 amide bonds. The van der Waals surface area contributed by atoms with Crippen LogP contribution in [-0.2, 0) is 4.79 Å². The van der Waals surface area contributed by atoms with Crippen LogP contribution in [0.15, 0.2) is 18.2 Å². The van der Waals surface area contributed by atoms with E-state index < -0.39 is 0 Å². The van der Waals surface area contributed by atoms with Crippen molar-refractivity contribution in [3.8, 4) is 0 Å². The Kier molecular flexibility index (Phi) is 6.23. The fourth-order valence-electron chi connectivity index (χ4n) is 3.66. The third-order valence-corrected chi connectivity index (χ3v) is 4.91. The lowest BCUT2D eigenvalue weighted by atomic mass is 9.92. The maximum atomic E-state index is 12.6. The monoisotopic (exact) mass is 317 g/mol. The molecule has 0 bridgehead atoms. The Labute approximate surface area is 141 Å². The van der Waals surface area contributed by atoms with E-state index in [4.69, 9.17) is 0 Å². The highest BCUT2D eigenvalue weighted by Crippen LogP contribution is 2.32. The highest BCUT2D eigenvalue weighted by Gasteiger charge is 2.23.